The molecule has 92 valence electrons. The fraction of sp³-hybridized carbons (Fsp3) is 0.200. The summed E-state index contributed by atoms with van der Waals surface area (Å²) in [7, 11) is 0. The van der Waals surface area contributed by atoms with Gasteiger partial charge in [-0.15, -0.1) is 0 Å². The minimum Gasteiger partial charge on any atom is -0.449 e. The van der Waals surface area contributed by atoms with Crippen LogP contribution in [0.2, 0.25) is 10.0 Å². The number of hydrogen-bond donors (Lipinski definition) is 2. The Kier molecular flexibility index (Phi) is 5.06. The zero-order chi connectivity index (χ0) is 12.8. The van der Waals surface area contributed by atoms with Crippen molar-refractivity contribution in [2.75, 3.05) is 6.61 Å². The van der Waals surface area contributed by atoms with Crippen molar-refractivity contribution in [3.8, 4) is 0 Å². The molecule has 0 spiro atoms. The molecule has 0 heterocycles. The predicted molar refractivity (Wildman–Crippen MR) is 64.1 cm³/mol. The highest BCUT2D eigenvalue weighted by molar-refractivity contribution is 6.35. The van der Waals surface area contributed by atoms with Crippen LogP contribution in [0.3, 0.4) is 0 Å². The van der Waals surface area contributed by atoms with E-state index in [9.17, 15) is 9.59 Å². The lowest BCUT2D eigenvalue weighted by atomic mass is 10.2. The second-order valence-corrected chi connectivity index (χ2v) is 3.83. The molecule has 0 bridgehead atoms. The van der Waals surface area contributed by atoms with Crippen LogP contribution in [0, 0.1) is 0 Å². The molecule has 2 N–H and O–H groups in total. The first-order valence-corrected chi connectivity index (χ1v) is 5.47. The highest BCUT2D eigenvalue weighted by Crippen LogP contribution is 2.18. The van der Waals surface area contributed by atoms with Crippen LogP contribution >= 0.6 is 23.2 Å². The molecule has 0 saturated heterocycles. The number of nitrogens with one attached hydrogen (secondary N) is 2. The van der Waals surface area contributed by atoms with E-state index < -0.39 is 12.0 Å². The number of benzene rings is 1. The van der Waals surface area contributed by atoms with E-state index in [-0.39, 0.29) is 12.2 Å². The van der Waals surface area contributed by atoms with Crippen LogP contribution in [0.25, 0.3) is 0 Å². The Morgan fingerprint density at radius 1 is 1.18 bits per heavy atom. The molecule has 0 saturated carbocycles. The molecular weight excluding hydrogens is 267 g/mol. The highest BCUT2D eigenvalue weighted by Gasteiger charge is 2.09. The van der Waals surface area contributed by atoms with Gasteiger partial charge < -0.3 is 4.74 Å². The van der Waals surface area contributed by atoms with E-state index in [0.29, 0.717) is 10.0 Å². The number of halogens is 2. The number of hydrazine groups is 1. The van der Waals surface area contributed by atoms with E-state index in [2.05, 4.69) is 15.6 Å². The molecule has 2 amide bonds. The monoisotopic (exact) mass is 276 g/mol. The van der Waals surface area contributed by atoms with Crippen molar-refractivity contribution in [2.45, 2.75) is 6.92 Å². The Bertz CT molecular complexity index is 417. The van der Waals surface area contributed by atoms with Crippen LogP contribution in [0.5, 0.6) is 0 Å². The SMILES string of the molecule is CCOC(=O)NNC(=O)c1cc(Cl)cc(Cl)c1. The van der Waals surface area contributed by atoms with Crippen LogP contribution < -0.4 is 10.9 Å². The molecule has 0 fully saturated rings. The minimum atomic E-state index is -0.742. The number of hydrogen-bond acceptors (Lipinski definition) is 3. The Balaban J connectivity index is 2.61. The third-order valence-electron chi connectivity index (χ3n) is 1.68. The third-order valence-corrected chi connectivity index (χ3v) is 2.11. The number of rotatable bonds is 2. The molecule has 0 unspecified atom stereocenters. The van der Waals surface area contributed by atoms with Gasteiger partial charge in [-0.05, 0) is 25.1 Å². The summed E-state index contributed by atoms with van der Waals surface area (Å²) in [5, 5.41) is 0.664. The molecule has 1 aromatic rings. The van der Waals surface area contributed by atoms with Crippen molar-refractivity contribution >= 4 is 35.2 Å². The molecule has 0 aliphatic carbocycles. The zero-order valence-corrected chi connectivity index (χ0v) is 10.4. The van der Waals surface area contributed by atoms with Gasteiger partial charge in [0, 0.05) is 15.6 Å². The minimum absolute atomic E-state index is 0.213. The van der Waals surface area contributed by atoms with Crippen LogP contribution in [-0.4, -0.2) is 18.6 Å². The molecular formula is C10H10Cl2N2O3. The second kappa shape index (κ2) is 6.32. The van der Waals surface area contributed by atoms with Gasteiger partial charge in [0.1, 0.15) is 0 Å². The summed E-state index contributed by atoms with van der Waals surface area (Å²) < 4.78 is 4.56. The summed E-state index contributed by atoms with van der Waals surface area (Å²) in [5.74, 6) is -0.539. The van der Waals surface area contributed by atoms with Gasteiger partial charge in [-0.1, -0.05) is 23.2 Å². The van der Waals surface area contributed by atoms with Crippen LogP contribution in [-0.2, 0) is 4.74 Å². The molecule has 7 heteroatoms. The predicted octanol–water partition coefficient (Wildman–Crippen LogP) is 2.38. The van der Waals surface area contributed by atoms with Crippen molar-refractivity contribution in [1.29, 1.82) is 0 Å². The molecule has 1 rings (SSSR count). The Hall–Kier alpha value is -1.46. The number of amides is 2. The normalized spacial score (nSPS) is 9.59. The fourth-order valence-corrected chi connectivity index (χ4v) is 1.56. The number of carbonyl (C=O) groups is 2. The fourth-order valence-electron chi connectivity index (χ4n) is 1.03. The molecule has 17 heavy (non-hydrogen) atoms. The van der Waals surface area contributed by atoms with Gasteiger partial charge >= 0.3 is 6.09 Å². The molecule has 0 aromatic heterocycles. The maximum Gasteiger partial charge on any atom is 0.426 e. The van der Waals surface area contributed by atoms with E-state index >= 15 is 0 Å². The summed E-state index contributed by atoms with van der Waals surface area (Å²) in [6.07, 6.45) is -0.742. The van der Waals surface area contributed by atoms with Gasteiger partial charge in [-0.3, -0.25) is 10.2 Å². The summed E-state index contributed by atoms with van der Waals surface area (Å²) in [6, 6.07) is 4.35. The number of ether oxygens (including phenoxy) is 1. The van der Waals surface area contributed by atoms with Crippen molar-refractivity contribution in [2.24, 2.45) is 0 Å². The largest absolute Gasteiger partial charge is 0.449 e. The first-order valence-electron chi connectivity index (χ1n) is 4.72. The van der Waals surface area contributed by atoms with Crippen molar-refractivity contribution in [3.05, 3.63) is 33.8 Å². The maximum absolute atomic E-state index is 11.6. The standard InChI is InChI=1S/C10H10Cl2N2O3/c1-2-17-10(16)14-13-9(15)6-3-7(11)5-8(12)4-6/h3-5H,2H2,1H3,(H,13,15)(H,14,16). The van der Waals surface area contributed by atoms with Crippen LogP contribution in [0.4, 0.5) is 4.79 Å². The topological polar surface area (TPSA) is 67.4 Å². The average molecular weight is 277 g/mol. The number of carbonyl (C=O) groups excluding carboxylic acids is 2. The van der Waals surface area contributed by atoms with Gasteiger partial charge in [0.15, 0.2) is 0 Å². The maximum atomic E-state index is 11.6. The lowest BCUT2D eigenvalue weighted by Crippen LogP contribution is -2.41. The Morgan fingerprint density at radius 2 is 1.76 bits per heavy atom. The molecule has 0 radical (unpaired) electrons. The van der Waals surface area contributed by atoms with E-state index in [1.54, 1.807) is 6.92 Å². The van der Waals surface area contributed by atoms with Gasteiger partial charge in [0.25, 0.3) is 5.91 Å². The second-order valence-electron chi connectivity index (χ2n) is 2.96. The molecule has 5 nitrogen and oxygen atoms in total. The summed E-state index contributed by atoms with van der Waals surface area (Å²) in [6.45, 7) is 1.86. The molecule has 0 aliphatic heterocycles. The smallest absolute Gasteiger partial charge is 0.426 e. The summed E-state index contributed by atoms with van der Waals surface area (Å²) >= 11 is 11.5. The van der Waals surface area contributed by atoms with Crippen molar-refractivity contribution < 1.29 is 14.3 Å². The lowest BCUT2D eigenvalue weighted by molar-refractivity contribution is 0.0912. The Labute approximate surface area is 108 Å². The third kappa shape index (κ3) is 4.50. The molecule has 0 atom stereocenters. The van der Waals surface area contributed by atoms with Crippen LogP contribution in [0.15, 0.2) is 18.2 Å². The highest BCUT2D eigenvalue weighted by atomic mass is 35.5. The Morgan fingerprint density at radius 3 is 2.29 bits per heavy atom. The van der Waals surface area contributed by atoms with E-state index in [4.69, 9.17) is 23.2 Å². The molecule has 1 aromatic carbocycles. The van der Waals surface area contributed by atoms with E-state index in [0.717, 1.165) is 0 Å². The lowest BCUT2D eigenvalue weighted by Gasteiger charge is -2.07. The first-order chi connectivity index (χ1) is 8.02. The average Bonchev–Trinajstić information content (AvgIpc) is 2.25. The van der Waals surface area contributed by atoms with Gasteiger partial charge in [-0.2, -0.15) is 0 Å². The summed E-state index contributed by atoms with van der Waals surface area (Å²) in [4.78, 5) is 22.5. The van der Waals surface area contributed by atoms with Gasteiger partial charge in [-0.25, -0.2) is 10.2 Å². The van der Waals surface area contributed by atoms with E-state index in [1.165, 1.54) is 18.2 Å². The van der Waals surface area contributed by atoms with Crippen molar-refractivity contribution in [3.63, 3.8) is 0 Å². The zero-order valence-electron chi connectivity index (χ0n) is 8.92. The van der Waals surface area contributed by atoms with Crippen molar-refractivity contribution in [1.82, 2.24) is 10.9 Å². The van der Waals surface area contributed by atoms with Crippen LogP contribution in [0.1, 0.15) is 17.3 Å². The van der Waals surface area contributed by atoms with Gasteiger partial charge in [0.2, 0.25) is 0 Å². The quantitative estimate of drug-likeness (QED) is 0.815. The van der Waals surface area contributed by atoms with Gasteiger partial charge in [0.05, 0.1) is 6.61 Å². The summed E-state index contributed by atoms with van der Waals surface area (Å²) in [5.41, 5.74) is 4.47. The first kappa shape index (κ1) is 13.6. The van der Waals surface area contributed by atoms with E-state index in [1.807, 2.05) is 0 Å². The molecule has 0 aliphatic rings.